The van der Waals surface area contributed by atoms with Gasteiger partial charge in [-0.3, -0.25) is 4.90 Å². The predicted octanol–water partition coefficient (Wildman–Crippen LogP) is 3.05. The van der Waals surface area contributed by atoms with Crippen LogP contribution in [-0.2, 0) is 0 Å². The lowest BCUT2D eigenvalue weighted by Gasteiger charge is -2.32. The largest absolute Gasteiger partial charge is 0.330 e. The van der Waals surface area contributed by atoms with Gasteiger partial charge < -0.3 is 5.73 Å². The molecule has 2 nitrogen and oxygen atoms in total. The number of nitrogens with zero attached hydrogens (tertiary/aromatic N) is 1. The molecule has 2 N–H and O–H groups in total. The predicted molar refractivity (Wildman–Crippen MR) is 74.9 cm³/mol. The first-order valence-corrected chi connectivity index (χ1v) is 6.68. The SMILES string of the molecule is CCN(CC(C)C)C(CCN)c1ccccc1. The van der Waals surface area contributed by atoms with Gasteiger partial charge in [-0.05, 0) is 31.0 Å². The summed E-state index contributed by atoms with van der Waals surface area (Å²) in [6.45, 7) is 9.73. The lowest BCUT2D eigenvalue weighted by molar-refractivity contribution is 0.178. The van der Waals surface area contributed by atoms with Crippen LogP contribution in [0.25, 0.3) is 0 Å². The molecule has 1 atom stereocenters. The van der Waals surface area contributed by atoms with Crippen LogP contribution in [0.3, 0.4) is 0 Å². The van der Waals surface area contributed by atoms with Crippen LogP contribution in [0, 0.1) is 5.92 Å². The fraction of sp³-hybridized carbons (Fsp3) is 0.600. The molecule has 0 aliphatic rings. The van der Waals surface area contributed by atoms with E-state index in [0.29, 0.717) is 12.0 Å². The van der Waals surface area contributed by atoms with Gasteiger partial charge >= 0.3 is 0 Å². The Morgan fingerprint density at radius 2 is 1.82 bits per heavy atom. The molecule has 96 valence electrons. The molecule has 1 aromatic carbocycles. The Morgan fingerprint density at radius 3 is 2.29 bits per heavy atom. The molecule has 1 aromatic rings. The topological polar surface area (TPSA) is 29.3 Å². The zero-order chi connectivity index (χ0) is 12.7. The lowest BCUT2D eigenvalue weighted by Crippen LogP contribution is -2.33. The summed E-state index contributed by atoms with van der Waals surface area (Å²) in [7, 11) is 0. The van der Waals surface area contributed by atoms with E-state index in [9.17, 15) is 0 Å². The van der Waals surface area contributed by atoms with Gasteiger partial charge in [0.05, 0.1) is 0 Å². The van der Waals surface area contributed by atoms with Crippen LogP contribution in [0.5, 0.6) is 0 Å². The van der Waals surface area contributed by atoms with Crippen molar-refractivity contribution in [2.45, 2.75) is 33.2 Å². The van der Waals surface area contributed by atoms with E-state index in [2.05, 4.69) is 56.0 Å². The third-order valence-electron chi connectivity index (χ3n) is 3.07. The van der Waals surface area contributed by atoms with Gasteiger partial charge in [0.15, 0.2) is 0 Å². The highest BCUT2D eigenvalue weighted by Crippen LogP contribution is 2.24. The molecule has 0 aliphatic heterocycles. The molecule has 2 heteroatoms. The van der Waals surface area contributed by atoms with Crippen LogP contribution in [-0.4, -0.2) is 24.5 Å². The first kappa shape index (κ1) is 14.2. The van der Waals surface area contributed by atoms with Crippen LogP contribution in [0.1, 0.15) is 38.8 Å². The molecule has 0 saturated carbocycles. The normalized spacial score (nSPS) is 13.3. The van der Waals surface area contributed by atoms with Gasteiger partial charge in [-0.15, -0.1) is 0 Å². The van der Waals surface area contributed by atoms with Crippen LogP contribution in [0.4, 0.5) is 0 Å². The minimum Gasteiger partial charge on any atom is -0.330 e. The van der Waals surface area contributed by atoms with Crippen molar-refractivity contribution in [1.29, 1.82) is 0 Å². The van der Waals surface area contributed by atoms with Crippen LogP contribution in [0.15, 0.2) is 30.3 Å². The smallest absolute Gasteiger partial charge is 0.0360 e. The number of rotatable bonds is 7. The Hall–Kier alpha value is -0.860. The zero-order valence-corrected chi connectivity index (χ0v) is 11.4. The van der Waals surface area contributed by atoms with Crippen molar-refractivity contribution in [2.75, 3.05) is 19.6 Å². The summed E-state index contributed by atoms with van der Waals surface area (Å²) in [4.78, 5) is 2.53. The summed E-state index contributed by atoms with van der Waals surface area (Å²) < 4.78 is 0. The van der Waals surface area contributed by atoms with Gasteiger partial charge in [0.25, 0.3) is 0 Å². The van der Waals surface area contributed by atoms with Gasteiger partial charge in [-0.25, -0.2) is 0 Å². The summed E-state index contributed by atoms with van der Waals surface area (Å²) in [5.41, 5.74) is 7.15. The third kappa shape index (κ3) is 4.49. The summed E-state index contributed by atoms with van der Waals surface area (Å²) in [6, 6.07) is 11.2. The number of hydrogen-bond acceptors (Lipinski definition) is 2. The molecule has 0 aromatic heterocycles. The summed E-state index contributed by atoms with van der Waals surface area (Å²) in [5, 5.41) is 0. The Bertz CT molecular complexity index is 295. The molecule has 1 rings (SSSR count). The molecule has 0 amide bonds. The highest BCUT2D eigenvalue weighted by Gasteiger charge is 2.18. The summed E-state index contributed by atoms with van der Waals surface area (Å²) >= 11 is 0. The number of benzene rings is 1. The lowest BCUT2D eigenvalue weighted by atomic mass is 10.0. The Morgan fingerprint density at radius 1 is 1.18 bits per heavy atom. The molecule has 0 heterocycles. The second-order valence-corrected chi connectivity index (χ2v) is 4.99. The summed E-state index contributed by atoms with van der Waals surface area (Å²) in [5.74, 6) is 0.693. The maximum absolute atomic E-state index is 5.76. The molecule has 0 spiro atoms. The molecule has 0 saturated heterocycles. The van der Waals surface area contributed by atoms with E-state index >= 15 is 0 Å². The third-order valence-corrected chi connectivity index (χ3v) is 3.07. The van der Waals surface area contributed by atoms with Gasteiger partial charge in [0.1, 0.15) is 0 Å². The van der Waals surface area contributed by atoms with Crippen molar-refractivity contribution < 1.29 is 0 Å². The van der Waals surface area contributed by atoms with Crippen LogP contribution >= 0.6 is 0 Å². The van der Waals surface area contributed by atoms with Crippen LogP contribution < -0.4 is 5.73 Å². The van der Waals surface area contributed by atoms with Crippen molar-refractivity contribution in [3.8, 4) is 0 Å². The van der Waals surface area contributed by atoms with E-state index in [1.54, 1.807) is 0 Å². The van der Waals surface area contributed by atoms with Gasteiger partial charge in [0, 0.05) is 12.6 Å². The number of nitrogens with two attached hydrogens (primary N) is 1. The van der Waals surface area contributed by atoms with Gasteiger partial charge in [-0.2, -0.15) is 0 Å². The van der Waals surface area contributed by atoms with Crippen molar-refractivity contribution >= 4 is 0 Å². The molecule has 17 heavy (non-hydrogen) atoms. The highest BCUT2D eigenvalue weighted by molar-refractivity contribution is 5.19. The van der Waals surface area contributed by atoms with Crippen molar-refractivity contribution in [1.82, 2.24) is 4.90 Å². The second-order valence-electron chi connectivity index (χ2n) is 4.99. The van der Waals surface area contributed by atoms with Crippen LogP contribution in [0.2, 0.25) is 0 Å². The maximum atomic E-state index is 5.76. The molecular formula is C15H26N2. The summed E-state index contributed by atoms with van der Waals surface area (Å²) in [6.07, 6.45) is 1.03. The molecule has 0 fully saturated rings. The number of hydrogen-bond donors (Lipinski definition) is 1. The van der Waals surface area contributed by atoms with E-state index in [0.717, 1.165) is 26.1 Å². The Labute approximate surface area is 106 Å². The van der Waals surface area contributed by atoms with Gasteiger partial charge in [0.2, 0.25) is 0 Å². The maximum Gasteiger partial charge on any atom is 0.0360 e. The van der Waals surface area contributed by atoms with E-state index in [1.807, 2.05) is 0 Å². The van der Waals surface area contributed by atoms with E-state index in [-0.39, 0.29) is 0 Å². The monoisotopic (exact) mass is 234 g/mol. The zero-order valence-electron chi connectivity index (χ0n) is 11.4. The highest BCUT2D eigenvalue weighted by atomic mass is 15.1. The van der Waals surface area contributed by atoms with Crippen molar-refractivity contribution in [2.24, 2.45) is 11.7 Å². The van der Waals surface area contributed by atoms with Crippen molar-refractivity contribution in [3.63, 3.8) is 0 Å². The quantitative estimate of drug-likeness (QED) is 0.785. The standard InChI is InChI=1S/C15H26N2/c1-4-17(12-13(2)3)15(10-11-16)14-8-6-5-7-9-14/h5-9,13,15H,4,10-12,16H2,1-3H3. The molecular weight excluding hydrogens is 208 g/mol. The average Bonchev–Trinajstić information content (AvgIpc) is 2.34. The van der Waals surface area contributed by atoms with Crippen molar-refractivity contribution in [3.05, 3.63) is 35.9 Å². The first-order valence-electron chi connectivity index (χ1n) is 6.68. The second kappa shape index (κ2) is 7.46. The average molecular weight is 234 g/mol. The van der Waals surface area contributed by atoms with E-state index < -0.39 is 0 Å². The molecule has 0 radical (unpaired) electrons. The molecule has 1 unspecified atom stereocenters. The minimum absolute atomic E-state index is 0.466. The van der Waals surface area contributed by atoms with E-state index in [1.165, 1.54) is 5.56 Å². The van der Waals surface area contributed by atoms with Gasteiger partial charge in [-0.1, -0.05) is 51.1 Å². The van der Waals surface area contributed by atoms with E-state index in [4.69, 9.17) is 5.73 Å². The molecule has 0 bridgehead atoms. The Kier molecular flexibility index (Phi) is 6.23. The first-order chi connectivity index (χ1) is 8.19. The minimum atomic E-state index is 0.466. The Balaban J connectivity index is 2.83. The molecule has 0 aliphatic carbocycles. The fourth-order valence-corrected chi connectivity index (χ4v) is 2.34. The fourth-order valence-electron chi connectivity index (χ4n) is 2.34.